The van der Waals surface area contributed by atoms with Crippen LogP contribution < -0.4 is 4.72 Å². The first-order chi connectivity index (χ1) is 13.9. The highest BCUT2D eigenvalue weighted by Gasteiger charge is 2.17. The molecule has 1 amide bonds. The summed E-state index contributed by atoms with van der Waals surface area (Å²) < 4.78 is 26.0. The lowest BCUT2D eigenvalue weighted by atomic mass is 10.1. The summed E-state index contributed by atoms with van der Waals surface area (Å²) in [5.41, 5.74) is 1.14. The van der Waals surface area contributed by atoms with Crippen molar-refractivity contribution in [2.45, 2.75) is 69.7 Å². The van der Waals surface area contributed by atoms with Crippen molar-refractivity contribution >= 4 is 15.9 Å². The van der Waals surface area contributed by atoms with E-state index in [4.69, 9.17) is 0 Å². The zero-order valence-corrected chi connectivity index (χ0v) is 19.0. The average Bonchev–Trinajstić information content (AvgIpc) is 2.92. The first-order valence-electron chi connectivity index (χ1n) is 10.9. The first-order valence-corrected chi connectivity index (χ1v) is 12.4. The number of benzene rings is 1. The predicted molar refractivity (Wildman–Crippen MR) is 117 cm³/mol. The van der Waals surface area contributed by atoms with Gasteiger partial charge in [-0.15, -0.1) is 0 Å². The molecule has 1 aromatic carbocycles. The number of amides is 1. The lowest BCUT2D eigenvalue weighted by Crippen LogP contribution is -2.36. The zero-order valence-electron chi connectivity index (χ0n) is 18.2. The molecule has 1 aromatic rings. The van der Waals surface area contributed by atoms with E-state index in [0.29, 0.717) is 23.3 Å². The fourth-order valence-corrected chi connectivity index (χ4v) is 4.71. The van der Waals surface area contributed by atoms with Crippen LogP contribution in [0.4, 0.5) is 0 Å². The van der Waals surface area contributed by atoms with E-state index in [-0.39, 0.29) is 0 Å². The van der Waals surface area contributed by atoms with Crippen molar-refractivity contribution in [2.75, 3.05) is 33.2 Å². The molecule has 164 valence electrons. The molecular formula is C22H37N3O3S. The Morgan fingerprint density at radius 1 is 1.14 bits per heavy atom. The van der Waals surface area contributed by atoms with Crippen LogP contribution in [0.1, 0.15) is 57.9 Å². The van der Waals surface area contributed by atoms with Crippen LogP contribution in [0.5, 0.6) is 0 Å². The molecule has 7 heteroatoms. The SMILES string of the molecule is CCN(CCCCN1CCCCCC1=O)C(C)Cc1ccc(S(=O)(=O)NC)cc1. The molecule has 0 aliphatic carbocycles. The zero-order chi connectivity index (χ0) is 21.3. The Bertz CT molecular complexity index is 734. The third-order valence-corrected chi connectivity index (χ3v) is 7.29. The summed E-state index contributed by atoms with van der Waals surface area (Å²) in [6.07, 6.45) is 7.08. The number of hydrogen-bond donors (Lipinski definition) is 1. The van der Waals surface area contributed by atoms with Gasteiger partial charge in [0, 0.05) is 25.6 Å². The molecule has 6 nitrogen and oxygen atoms in total. The van der Waals surface area contributed by atoms with Gasteiger partial charge in [-0.2, -0.15) is 0 Å². The fraction of sp³-hybridized carbons (Fsp3) is 0.682. The summed E-state index contributed by atoms with van der Waals surface area (Å²) in [6.45, 7) is 8.21. The molecule has 0 radical (unpaired) electrons. The van der Waals surface area contributed by atoms with Gasteiger partial charge in [-0.25, -0.2) is 13.1 Å². The van der Waals surface area contributed by atoms with Gasteiger partial charge in [0.25, 0.3) is 0 Å². The van der Waals surface area contributed by atoms with Crippen molar-refractivity contribution in [1.29, 1.82) is 0 Å². The molecule has 0 bridgehead atoms. The number of likely N-dealkylation sites (N-methyl/N-ethyl adjacent to an activating group) is 1. The summed E-state index contributed by atoms with van der Waals surface area (Å²) >= 11 is 0. The molecule has 1 atom stereocenters. The van der Waals surface area contributed by atoms with Gasteiger partial charge < -0.3 is 9.80 Å². The van der Waals surface area contributed by atoms with E-state index in [2.05, 4.69) is 23.5 Å². The average molecular weight is 424 g/mol. The number of likely N-dealkylation sites (tertiary alicyclic amines) is 1. The summed E-state index contributed by atoms with van der Waals surface area (Å²) in [7, 11) is -1.96. The predicted octanol–water partition coefficient (Wildman–Crippen LogP) is 3.03. The van der Waals surface area contributed by atoms with Gasteiger partial charge in [0.15, 0.2) is 0 Å². The molecule has 1 N–H and O–H groups in total. The Balaban J connectivity index is 1.79. The summed E-state index contributed by atoms with van der Waals surface area (Å²) in [5.74, 6) is 0.326. The van der Waals surface area contributed by atoms with Crippen LogP contribution in [0.15, 0.2) is 29.2 Å². The maximum Gasteiger partial charge on any atom is 0.240 e. The minimum absolute atomic E-state index is 0.298. The second kappa shape index (κ2) is 11.7. The lowest BCUT2D eigenvalue weighted by Gasteiger charge is -2.28. The number of carbonyl (C=O) groups excluding carboxylic acids is 1. The number of rotatable bonds is 11. The normalized spacial score (nSPS) is 16.8. The van der Waals surface area contributed by atoms with Crippen molar-refractivity contribution in [2.24, 2.45) is 0 Å². The number of hydrogen-bond acceptors (Lipinski definition) is 4. The highest BCUT2D eigenvalue weighted by atomic mass is 32.2. The number of sulfonamides is 1. The minimum atomic E-state index is -3.38. The van der Waals surface area contributed by atoms with E-state index in [1.807, 2.05) is 17.0 Å². The topological polar surface area (TPSA) is 69.7 Å². The highest BCUT2D eigenvalue weighted by molar-refractivity contribution is 7.89. The molecular weight excluding hydrogens is 386 g/mol. The summed E-state index contributed by atoms with van der Waals surface area (Å²) in [6, 6.07) is 7.52. The molecule has 1 aliphatic rings. The summed E-state index contributed by atoms with van der Waals surface area (Å²) in [4.78, 5) is 16.9. The van der Waals surface area contributed by atoms with Crippen LogP contribution in [-0.2, 0) is 21.2 Å². The number of nitrogens with zero attached hydrogens (tertiary/aromatic N) is 2. The van der Waals surface area contributed by atoms with E-state index >= 15 is 0 Å². The second-order valence-electron chi connectivity index (χ2n) is 7.93. The van der Waals surface area contributed by atoms with Crippen molar-refractivity contribution < 1.29 is 13.2 Å². The van der Waals surface area contributed by atoms with Crippen LogP contribution >= 0.6 is 0 Å². The Hall–Kier alpha value is -1.44. The molecule has 1 unspecified atom stereocenters. The van der Waals surface area contributed by atoms with Crippen molar-refractivity contribution in [3.63, 3.8) is 0 Å². The molecule has 1 aliphatic heterocycles. The van der Waals surface area contributed by atoms with E-state index in [1.165, 1.54) is 13.5 Å². The largest absolute Gasteiger partial charge is 0.343 e. The summed E-state index contributed by atoms with van der Waals surface area (Å²) in [5, 5.41) is 0. The molecule has 0 spiro atoms. The smallest absolute Gasteiger partial charge is 0.240 e. The van der Waals surface area contributed by atoms with Gasteiger partial charge in [0.2, 0.25) is 15.9 Å². The third-order valence-electron chi connectivity index (χ3n) is 5.86. The Labute approximate surface area is 176 Å². The number of unbranched alkanes of at least 4 members (excludes halogenated alkanes) is 1. The quantitative estimate of drug-likeness (QED) is 0.556. The molecule has 1 heterocycles. The Kier molecular flexibility index (Phi) is 9.59. The van der Waals surface area contributed by atoms with Gasteiger partial charge in [-0.05, 0) is 76.9 Å². The monoisotopic (exact) mass is 423 g/mol. The third kappa shape index (κ3) is 7.39. The molecule has 0 aromatic heterocycles. The van der Waals surface area contributed by atoms with E-state index < -0.39 is 10.0 Å². The van der Waals surface area contributed by atoms with Crippen molar-refractivity contribution in [3.8, 4) is 0 Å². The van der Waals surface area contributed by atoms with Crippen molar-refractivity contribution in [3.05, 3.63) is 29.8 Å². The maximum absolute atomic E-state index is 12.1. The van der Waals surface area contributed by atoms with Crippen LogP contribution in [0.3, 0.4) is 0 Å². The van der Waals surface area contributed by atoms with Gasteiger partial charge in [0.05, 0.1) is 4.90 Å². The minimum Gasteiger partial charge on any atom is -0.343 e. The lowest BCUT2D eigenvalue weighted by molar-refractivity contribution is -0.130. The molecule has 2 rings (SSSR count). The molecule has 1 saturated heterocycles. The van der Waals surface area contributed by atoms with Crippen molar-refractivity contribution in [1.82, 2.24) is 14.5 Å². The molecule has 1 fully saturated rings. The van der Waals surface area contributed by atoms with Gasteiger partial charge in [0.1, 0.15) is 0 Å². The molecule has 29 heavy (non-hydrogen) atoms. The van der Waals surface area contributed by atoms with Gasteiger partial charge in [-0.3, -0.25) is 4.79 Å². The maximum atomic E-state index is 12.1. The van der Waals surface area contributed by atoms with Crippen LogP contribution in [0, 0.1) is 0 Å². The Morgan fingerprint density at radius 3 is 2.52 bits per heavy atom. The number of nitrogens with one attached hydrogen (secondary N) is 1. The second-order valence-corrected chi connectivity index (χ2v) is 9.82. The van der Waals surface area contributed by atoms with E-state index in [0.717, 1.165) is 63.8 Å². The van der Waals surface area contributed by atoms with E-state index in [1.54, 1.807) is 12.1 Å². The highest BCUT2D eigenvalue weighted by Crippen LogP contribution is 2.15. The first kappa shape index (κ1) is 23.8. The fourth-order valence-electron chi connectivity index (χ4n) is 3.98. The van der Waals surface area contributed by atoms with Crippen LogP contribution in [0.25, 0.3) is 0 Å². The van der Waals surface area contributed by atoms with Crippen LogP contribution in [0.2, 0.25) is 0 Å². The Morgan fingerprint density at radius 2 is 1.86 bits per heavy atom. The van der Waals surface area contributed by atoms with Gasteiger partial charge >= 0.3 is 0 Å². The molecule has 0 saturated carbocycles. The van der Waals surface area contributed by atoms with Crippen LogP contribution in [-0.4, -0.2) is 63.4 Å². The number of carbonyl (C=O) groups is 1. The standard InChI is InChI=1S/C22H37N3O3S/c1-4-24(15-8-9-17-25-16-7-5-6-10-22(25)26)19(2)18-20-11-13-21(14-12-20)29(27,28)23-3/h11-14,19,23H,4-10,15-18H2,1-3H3. The van der Waals surface area contributed by atoms with E-state index in [9.17, 15) is 13.2 Å². The van der Waals surface area contributed by atoms with Gasteiger partial charge in [-0.1, -0.05) is 25.5 Å².